The monoisotopic (exact) mass is 401 g/mol. The molecule has 2 rings (SSSR count). The highest BCUT2D eigenvalue weighted by molar-refractivity contribution is 9.10. The number of rotatable bonds is 4. The molecule has 0 aliphatic heterocycles. The molecule has 1 atom stereocenters. The minimum Gasteiger partial charge on any atom is -0.453 e. The van der Waals surface area contributed by atoms with Crippen LogP contribution in [0.1, 0.15) is 18.5 Å². The molecule has 106 valence electrons. The molecule has 0 saturated heterocycles. The van der Waals surface area contributed by atoms with Crippen LogP contribution in [0.15, 0.2) is 45.3 Å². The summed E-state index contributed by atoms with van der Waals surface area (Å²) in [7, 11) is 1.90. The molecule has 5 heteroatoms. The van der Waals surface area contributed by atoms with E-state index in [4.69, 9.17) is 4.74 Å². The van der Waals surface area contributed by atoms with Gasteiger partial charge in [0.2, 0.25) is 0 Å². The third-order valence-corrected chi connectivity index (χ3v) is 4.12. The maximum Gasteiger partial charge on any atom is 0.165 e. The SMILES string of the molecule is CNC(C)c1ccc(Oc2cc(Br)ccc2F)c(Br)c1. The topological polar surface area (TPSA) is 21.3 Å². The van der Waals surface area contributed by atoms with Gasteiger partial charge in [0.05, 0.1) is 4.47 Å². The van der Waals surface area contributed by atoms with Gasteiger partial charge in [0, 0.05) is 10.5 Å². The van der Waals surface area contributed by atoms with E-state index < -0.39 is 5.82 Å². The first-order valence-electron chi connectivity index (χ1n) is 6.11. The summed E-state index contributed by atoms with van der Waals surface area (Å²) in [6.45, 7) is 2.07. The van der Waals surface area contributed by atoms with Crippen molar-refractivity contribution in [2.75, 3.05) is 7.05 Å². The van der Waals surface area contributed by atoms with E-state index in [0.717, 1.165) is 14.5 Å². The lowest BCUT2D eigenvalue weighted by Gasteiger charge is -2.14. The average molecular weight is 403 g/mol. The molecule has 0 amide bonds. The Balaban J connectivity index is 2.28. The van der Waals surface area contributed by atoms with Crippen molar-refractivity contribution in [1.82, 2.24) is 5.32 Å². The fourth-order valence-electron chi connectivity index (χ4n) is 1.71. The maximum absolute atomic E-state index is 13.7. The molecule has 0 fully saturated rings. The molecule has 0 aliphatic carbocycles. The molecule has 20 heavy (non-hydrogen) atoms. The third-order valence-electron chi connectivity index (χ3n) is 3.00. The summed E-state index contributed by atoms with van der Waals surface area (Å²) in [5, 5.41) is 3.17. The van der Waals surface area contributed by atoms with Crippen LogP contribution in [0, 0.1) is 5.82 Å². The van der Waals surface area contributed by atoms with E-state index in [1.807, 2.05) is 25.2 Å². The summed E-state index contributed by atoms with van der Waals surface area (Å²) in [6.07, 6.45) is 0. The third kappa shape index (κ3) is 3.59. The van der Waals surface area contributed by atoms with Crippen LogP contribution in [0.2, 0.25) is 0 Å². The lowest BCUT2D eigenvalue weighted by molar-refractivity contribution is 0.439. The van der Waals surface area contributed by atoms with Crippen molar-refractivity contribution in [3.63, 3.8) is 0 Å². The molecule has 0 aromatic heterocycles. The summed E-state index contributed by atoms with van der Waals surface area (Å²) in [4.78, 5) is 0. The number of ether oxygens (including phenoxy) is 1. The van der Waals surface area contributed by atoms with Gasteiger partial charge in [-0.15, -0.1) is 0 Å². The Morgan fingerprint density at radius 3 is 2.50 bits per heavy atom. The largest absolute Gasteiger partial charge is 0.453 e. The summed E-state index contributed by atoms with van der Waals surface area (Å²) in [5.74, 6) is 0.372. The Morgan fingerprint density at radius 2 is 1.85 bits per heavy atom. The Labute approximate surface area is 134 Å². The maximum atomic E-state index is 13.7. The predicted molar refractivity (Wildman–Crippen MR) is 85.8 cm³/mol. The highest BCUT2D eigenvalue weighted by atomic mass is 79.9. The van der Waals surface area contributed by atoms with E-state index in [1.165, 1.54) is 6.07 Å². The second-order valence-corrected chi connectivity index (χ2v) is 6.15. The predicted octanol–water partition coefficient (Wildman–Crippen LogP) is 5.42. The minimum atomic E-state index is -0.396. The summed E-state index contributed by atoms with van der Waals surface area (Å²) in [5.41, 5.74) is 1.13. The Bertz CT molecular complexity index is 619. The van der Waals surface area contributed by atoms with Gasteiger partial charge in [0.15, 0.2) is 11.6 Å². The van der Waals surface area contributed by atoms with Crippen molar-refractivity contribution >= 4 is 31.9 Å². The molecule has 0 heterocycles. The van der Waals surface area contributed by atoms with Gasteiger partial charge in [-0.05, 0) is 65.8 Å². The molecule has 0 bridgehead atoms. The molecular formula is C15H14Br2FNO. The highest BCUT2D eigenvalue weighted by Gasteiger charge is 2.10. The lowest BCUT2D eigenvalue weighted by atomic mass is 10.1. The fourth-order valence-corrected chi connectivity index (χ4v) is 2.53. The van der Waals surface area contributed by atoms with Gasteiger partial charge >= 0.3 is 0 Å². The van der Waals surface area contributed by atoms with Gasteiger partial charge < -0.3 is 10.1 Å². The lowest BCUT2D eigenvalue weighted by Crippen LogP contribution is -2.12. The fraction of sp³-hybridized carbons (Fsp3) is 0.200. The molecule has 0 aliphatic rings. The molecule has 0 radical (unpaired) electrons. The molecule has 0 saturated carbocycles. The number of hydrogen-bond donors (Lipinski definition) is 1. The van der Waals surface area contributed by atoms with Gasteiger partial charge in [-0.2, -0.15) is 0 Å². The molecular weight excluding hydrogens is 389 g/mol. The smallest absolute Gasteiger partial charge is 0.165 e. The van der Waals surface area contributed by atoms with Crippen molar-refractivity contribution in [2.24, 2.45) is 0 Å². The Morgan fingerprint density at radius 1 is 1.10 bits per heavy atom. The average Bonchev–Trinajstić information content (AvgIpc) is 2.44. The van der Waals surface area contributed by atoms with Gasteiger partial charge in [-0.25, -0.2) is 4.39 Å². The zero-order valence-electron chi connectivity index (χ0n) is 11.1. The van der Waals surface area contributed by atoms with Gasteiger partial charge in [0.25, 0.3) is 0 Å². The van der Waals surface area contributed by atoms with Crippen LogP contribution in [0.5, 0.6) is 11.5 Å². The Hall–Kier alpha value is -0.910. The highest BCUT2D eigenvalue weighted by Crippen LogP contribution is 2.34. The van der Waals surface area contributed by atoms with E-state index in [-0.39, 0.29) is 11.8 Å². The summed E-state index contributed by atoms with van der Waals surface area (Å²) >= 11 is 6.76. The Kier molecular flexibility index (Phi) is 5.18. The molecule has 2 nitrogen and oxygen atoms in total. The van der Waals surface area contributed by atoms with Crippen molar-refractivity contribution in [1.29, 1.82) is 0 Å². The van der Waals surface area contributed by atoms with Crippen LogP contribution in [0.25, 0.3) is 0 Å². The number of nitrogens with one attached hydrogen (secondary N) is 1. The standard InChI is InChI=1S/C15H14Br2FNO/c1-9(19-2)10-3-6-14(12(17)7-10)20-15-8-11(16)4-5-13(15)18/h3-9,19H,1-2H3. The van der Waals surface area contributed by atoms with E-state index in [2.05, 4.69) is 44.1 Å². The molecule has 0 spiro atoms. The normalized spacial score (nSPS) is 12.2. The number of hydrogen-bond acceptors (Lipinski definition) is 2. The molecule has 1 N–H and O–H groups in total. The van der Waals surface area contributed by atoms with Crippen molar-refractivity contribution in [3.8, 4) is 11.5 Å². The summed E-state index contributed by atoms with van der Waals surface area (Å²) in [6, 6.07) is 10.6. The first kappa shape index (κ1) is 15.5. The second kappa shape index (κ2) is 6.70. The van der Waals surface area contributed by atoms with Crippen molar-refractivity contribution in [3.05, 3.63) is 56.7 Å². The number of benzene rings is 2. The minimum absolute atomic E-state index is 0.189. The van der Waals surface area contributed by atoms with Crippen LogP contribution < -0.4 is 10.1 Å². The van der Waals surface area contributed by atoms with Crippen LogP contribution >= 0.6 is 31.9 Å². The van der Waals surface area contributed by atoms with Crippen molar-refractivity contribution in [2.45, 2.75) is 13.0 Å². The van der Waals surface area contributed by atoms with E-state index >= 15 is 0 Å². The van der Waals surface area contributed by atoms with Crippen LogP contribution in [0.3, 0.4) is 0 Å². The van der Waals surface area contributed by atoms with Crippen LogP contribution in [-0.4, -0.2) is 7.05 Å². The quantitative estimate of drug-likeness (QED) is 0.736. The number of halogens is 3. The van der Waals surface area contributed by atoms with Gasteiger partial charge in [-0.1, -0.05) is 22.0 Å². The first-order chi connectivity index (χ1) is 9.51. The second-order valence-electron chi connectivity index (χ2n) is 4.38. The van der Waals surface area contributed by atoms with Gasteiger partial charge in [-0.3, -0.25) is 0 Å². The van der Waals surface area contributed by atoms with E-state index in [1.54, 1.807) is 12.1 Å². The molecule has 1 unspecified atom stereocenters. The van der Waals surface area contributed by atoms with E-state index in [9.17, 15) is 4.39 Å². The zero-order valence-corrected chi connectivity index (χ0v) is 14.3. The molecule has 2 aromatic carbocycles. The molecule has 2 aromatic rings. The first-order valence-corrected chi connectivity index (χ1v) is 7.69. The van der Waals surface area contributed by atoms with Gasteiger partial charge in [0.1, 0.15) is 5.75 Å². The van der Waals surface area contributed by atoms with Crippen LogP contribution in [0.4, 0.5) is 4.39 Å². The van der Waals surface area contributed by atoms with Crippen LogP contribution in [-0.2, 0) is 0 Å². The summed E-state index contributed by atoms with van der Waals surface area (Å²) < 4.78 is 20.9. The van der Waals surface area contributed by atoms with Crippen molar-refractivity contribution < 1.29 is 9.13 Å². The van der Waals surface area contributed by atoms with E-state index in [0.29, 0.717) is 5.75 Å². The zero-order chi connectivity index (χ0) is 14.7.